The Kier molecular flexibility index (Phi) is 3.68. The molecule has 1 unspecified atom stereocenters. The average Bonchev–Trinajstić information content (AvgIpc) is 3.08. The number of likely N-dealkylation sites (tertiary alicyclic amines) is 1. The van der Waals surface area contributed by atoms with Gasteiger partial charge < -0.3 is 14.3 Å². The van der Waals surface area contributed by atoms with Gasteiger partial charge in [-0.2, -0.15) is 0 Å². The lowest BCUT2D eigenvalue weighted by molar-refractivity contribution is 0.0697. The van der Waals surface area contributed by atoms with Crippen LogP contribution in [0.5, 0.6) is 0 Å². The van der Waals surface area contributed by atoms with Gasteiger partial charge in [0.15, 0.2) is 0 Å². The van der Waals surface area contributed by atoms with Crippen molar-refractivity contribution in [1.29, 1.82) is 0 Å². The van der Waals surface area contributed by atoms with Crippen molar-refractivity contribution in [3.8, 4) is 0 Å². The number of amides is 1. The minimum absolute atomic E-state index is 0.118. The number of piperidine rings is 1. The molecule has 1 atom stereocenters. The first-order valence-corrected chi connectivity index (χ1v) is 7.94. The van der Waals surface area contributed by atoms with Crippen molar-refractivity contribution in [2.24, 2.45) is 0 Å². The number of aromatic amines is 2. The molecule has 4 heterocycles. The number of nitrogens with one attached hydrogen (secondary N) is 2. The van der Waals surface area contributed by atoms with E-state index in [1.807, 2.05) is 0 Å². The summed E-state index contributed by atoms with van der Waals surface area (Å²) in [6, 6.07) is 3.37. The van der Waals surface area contributed by atoms with E-state index in [-0.39, 0.29) is 17.4 Å². The smallest absolute Gasteiger partial charge is 0.392 e. The maximum Gasteiger partial charge on any atom is 0.434 e. The van der Waals surface area contributed by atoms with Crippen LogP contribution in [0.4, 0.5) is 0 Å². The Labute approximate surface area is 140 Å². The Morgan fingerprint density at radius 3 is 3.04 bits per heavy atom. The Balaban J connectivity index is 1.59. The number of H-pyrrole nitrogens is 2. The van der Waals surface area contributed by atoms with Gasteiger partial charge in [0, 0.05) is 30.9 Å². The van der Waals surface area contributed by atoms with Crippen molar-refractivity contribution in [2.75, 3.05) is 13.1 Å². The van der Waals surface area contributed by atoms with Gasteiger partial charge in [-0.15, -0.1) is 5.10 Å². The van der Waals surface area contributed by atoms with E-state index in [2.05, 4.69) is 20.2 Å². The fraction of sp³-hybridized carbons (Fsp3) is 0.312. The predicted octanol–water partition coefficient (Wildman–Crippen LogP) is 0.619. The van der Waals surface area contributed by atoms with E-state index in [1.165, 1.54) is 12.4 Å². The molecule has 3 aromatic rings. The highest BCUT2D eigenvalue weighted by atomic mass is 16.4. The van der Waals surface area contributed by atoms with Gasteiger partial charge in [0.2, 0.25) is 5.89 Å². The van der Waals surface area contributed by atoms with Gasteiger partial charge in [-0.1, -0.05) is 0 Å². The maximum atomic E-state index is 12.8. The van der Waals surface area contributed by atoms with Crippen molar-refractivity contribution in [3.63, 3.8) is 0 Å². The highest BCUT2D eigenvalue weighted by Gasteiger charge is 2.28. The number of carbonyl (C=O) groups is 1. The first-order chi connectivity index (χ1) is 12.1. The fourth-order valence-corrected chi connectivity index (χ4v) is 3.15. The molecule has 1 fully saturated rings. The molecule has 0 aromatic carbocycles. The monoisotopic (exact) mass is 341 g/mol. The molecule has 0 saturated carbocycles. The number of nitrogens with zero attached hydrogens (tertiary/aromatic N) is 3. The summed E-state index contributed by atoms with van der Waals surface area (Å²) in [6.07, 6.45) is 4.52. The molecule has 1 saturated heterocycles. The molecule has 1 amide bonds. The average molecular weight is 341 g/mol. The summed E-state index contributed by atoms with van der Waals surface area (Å²) in [7, 11) is 0. The molecule has 0 spiro atoms. The summed E-state index contributed by atoms with van der Waals surface area (Å²) in [6.45, 7) is 1.03. The zero-order valence-corrected chi connectivity index (χ0v) is 13.2. The van der Waals surface area contributed by atoms with Gasteiger partial charge in [0.25, 0.3) is 11.5 Å². The maximum absolute atomic E-state index is 12.8. The Hall–Kier alpha value is -3.23. The molecule has 9 nitrogen and oxygen atoms in total. The first kappa shape index (κ1) is 15.3. The topological polar surface area (TPSA) is 125 Å². The molecule has 4 rings (SSSR count). The van der Waals surface area contributed by atoms with Gasteiger partial charge in [-0.25, -0.2) is 14.9 Å². The molecule has 0 aliphatic carbocycles. The van der Waals surface area contributed by atoms with Crippen LogP contribution in [0.2, 0.25) is 0 Å². The molecule has 3 aromatic heterocycles. The summed E-state index contributed by atoms with van der Waals surface area (Å²) < 4.78 is 5.02. The SMILES string of the molecule is O=C(c1cnc2c(=O)[nH]ccc2c1)N1CCCC(c2n[nH]c(=O)o2)C1. The number of fused-ring (bicyclic) bond motifs is 1. The number of pyridine rings is 2. The van der Waals surface area contributed by atoms with E-state index >= 15 is 0 Å². The Bertz CT molecular complexity index is 1050. The van der Waals surface area contributed by atoms with Crippen molar-refractivity contribution < 1.29 is 9.21 Å². The summed E-state index contributed by atoms with van der Waals surface area (Å²) in [5, 5.41) is 6.73. The van der Waals surface area contributed by atoms with Gasteiger partial charge in [0.05, 0.1) is 11.5 Å². The second-order valence-corrected chi connectivity index (χ2v) is 6.01. The largest absolute Gasteiger partial charge is 0.434 e. The first-order valence-electron chi connectivity index (χ1n) is 7.94. The number of hydrogen-bond donors (Lipinski definition) is 2. The van der Waals surface area contributed by atoms with Gasteiger partial charge in [0.1, 0.15) is 5.52 Å². The predicted molar refractivity (Wildman–Crippen MR) is 87.4 cm³/mol. The van der Waals surface area contributed by atoms with E-state index in [1.54, 1.807) is 17.0 Å². The van der Waals surface area contributed by atoms with E-state index in [4.69, 9.17) is 4.42 Å². The van der Waals surface area contributed by atoms with Crippen molar-refractivity contribution in [3.05, 3.63) is 56.9 Å². The number of rotatable bonds is 2. The van der Waals surface area contributed by atoms with Crippen LogP contribution in [-0.4, -0.2) is 44.1 Å². The van der Waals surface area contributed by atoms with Crippen LogP contribution in [0, 0.1) is 0 Å². The third-order valence-electron chi connectivity index (χ3n) is 4.37. The summed E-state index contributed by atoms with van der Waals surface area (Å²) in [4.78, 5) is 44.0. The van der Waals surface area contributed by atoms with Crippen LogP contribution < -0.4 is 11.3 Å². The zero-order valence-electron chi connectivity index (χ0n) is 13.2. The second-order valence-electron chi connectivity index (χ2n) is 6.01. The van der Waals surface area contributed by atoms with Crippen LogP contribution in [0.25, 0.3) is 10.9 Å². The number of aromatic nitrogens is 4. The van der Waals surface area contributed by atoms with Crippen LogP contribution in [0.15, 0.2) is 38.5 Å². The standard InChI is InChI=1S/C16H15N5O4/c22-13-12-9(3-4-17-13)6-11(7-18-12)15(23)21-5-1-2-10(8-21)14-19-20-16(24)25-14/h3-4,6-7,10H,1-2,5,8H2,(H,17,22)(H,20,24). The molecule has 1 aliphatic heterocycles. The normalized spacial score (nSPS) is 17.8. The molecule has 0 radical (unpaired) electrons. The third kappa shape index (κ3) is 2.84. The van der Waals surface area contributed by atoms with Crippen molar-refractivity contribution >= 4 is 16.8 Å². The highest BCUT2D eigenvalue weighted by molar-refractivity contribution is 5.97. The quantitative estimate of drug-likeness (QED) is 0.704. The van der Waals surface area contributed by atoms with Crippen LogP contribution in [0.3, 0.4) is 0 Å². The van der Waals surface area contributed by atoms with Gasteiger partial charge in [-0.05, 0) is 25.0 Å². The molecule has 128 valence electrons. The van der Waals surface area contributed by atoms with Gasteiger partial charge in [-0.3, -0.25) is 9.59 Å². The van der Waals surface area contributed by atoms with E-state index < -0.39 is 5.76 Å². The van der Waals surface area contributed by atoms with Crippen LogP contribution in [-0.2, 0) is 0 Å². The van der Waals surface area contributed by atoms with E-state index in [9.17, 15) is 14.4 Å². The number of hydrogen-bond acceptors (Lipinski definition) is 6. The lowest BCUT2D eigenvalue weighted by Crippen LogP contribution is -2.39. The fourth-order valence-electron chi connectivity index (χ4n) is 3.15. The molecule has 0 bridgehead atoms. The third-order valence-corrected chi connectivity index (χ3v) is 4.37. The molecular formula is C16H15N5O4. The van der Waals surface area contributed by atoms with E-state index in [0.717, 1.165) is 12.8 Å². The highest BCUT2D eigenvalue weighted by Crippen LogP contribution is 2.26. The Morgan fingerprint density at radius 1 is 1.36 bits per heavy atom. The van der Waals surface area contributed by atoms with Crippen molar-refractivity contribution in [2.45, 2.75) is 18.8 Å². The van der Waals surface area contributed by atoms with E-state index in [0.29, 0.717) is 35.4 Å². The zero-order chi connectivity index (χ0) is 17.4. The minimum atomic E-state index is -0.595. The minimum Gasteiger partial charge on any atom is -0.392 e. The van der Waals surface area contributed by atoms with Crippen LogP contribution in [0.1, 0.15) is 35.0 Å². The molecule has 25 heavy (non-hydrogen) atoms. The molecule has 1 aliphatic rings. The second kappa shape index (κ2) is 6.00. The lowest BCUT2D eigenvalue weighted by Gasteiger charge is -2.31. The molecule has 2 N–H and O–H groups in total. The summed E-state index contributed by atoms with van der Waals surface area (Å²) in [5.74, 6) is -0.557. The van der Waals surface area contributed by atoms with Crippen molar-refractivity contribution in [1.82, 2.24) is 25.1 Å². The molecular weight excluding hydrogens is 326 g/mol. The molecule has 9 heteroatoms. The lowest BCUT2D eigenvalue weighted by atomic mass is 9.97. The van der Waals surface area contributed by atoms with Gasteiger partial charge >= 0.3 is 5.76 Å². The summed E-state index contributed by atoms with van der Waals surface area (Å²) >= 11 is 0. The number of carbonyl (C=O) groups excluding carboxylic acids is 1. The van der Waals surface area contributed by atoms with Crippen LogP contribution >= 0.6 is 0 Å². The Morgan fingerprint density at radius 2 is 2.24 bits per heavy atom. The summed E-state index contributed by atoms with van der Waals surface area (Å²) in [5.41, 5.74) is 0.430.